The van der Waals surface area contributed by atoms with E-state index in [-0.39, 0.29) is 11.4 Å². The van der Waals surface area contributed by atoms with Gasteiger partial charge in [0.2, 0.25) is 0 Å². The van der Waals surface area contributed by atoms with Gasteiger partial charge in [-0.25, -0.2) is 0 Å². The van der Waals surface area contributed by atoms with Gasteiger partial charge in [-0.1, -0.05) is 49.6 Å². The highest BCUT2D eigenvalue weighted by Crippen LogP contribution is 2.34. The zero-order valence-corrected chi connectivity index (χ0v) is 13.2. The van der Waals surface area contributed by atoms with Crippen LogP contribution in [0, 0.1) is 0 Å². The number of rotatable bonds is 7. The van der Waals surface area contributed by atoms with Crippen molar-refractivity contribution < 1.29 is 5.11 Å². The second kappa shape index (κ2) is 8.06. The molecular formula is C17H27NOS. The van der Waals surface area contributed by atoms with E-state index in [9.17, 15) is 0 Å². The molecule has 1 aliphatic rings. The van der Waals surface area contributed by atoms with Crippen LogP contribution in [-0.4, -0.2) is 34.4 Å². The van der Waals surface area contributed by atoms with Crippen LogP contribution in [-0.2, 0) is 6.54 Å². The first-order chi connectivity index (χ1) is 9.72. The smallest absolute Gasteiger partial charge is 0.0443 e. The molecule has 1 aromatic rings. The predicted octanol–water partition coefficient (Wildman–Crippen LogP) is 3.50. The third-order valence-corrected chi connectivity index (χ3v) is 4.77. The molecule has 0 atom stereocenters. The highest BCUT2D eigenvalue weighted by molar-refractivity contribution is 7.81. The number of thiol groups is 1. The van der Waals surface area contributed by atoms with Crippen molar-refractivity contribution >= 4 is 12.6 Å². The van der Waals surface area contributed by atoms with Crippen LogP contribution in [0.15, 0.2) is 30.3 Å². The summed E-state index contributed by atoms with van der Waals surface area (Å²) < 4.78 is 0.169. The lowest BCUT2D eigenvalue weighted by Crippen LogP contribution is -2.40. The van der Waals surface area contributed by atoms with Crippen molar-refractivity contribution in [2.45, 2.75) is 49.8 Å². The Morgan fingerprint density at radius 2 is 1.80 bits per heavy atom. The van der Waals surface area contributed by atoms with Gasteiger partial charge in [-0.15, -0.1) is 0 Å². The fourth-order valence-corrected chi connectivity index (χ4v) is 3.65. The molecule has 1 fully saturated rings. The maximum atomic E-state index is 9.11. The molecule has 1 N–H and O–H groups in total. The molecule has 0 aromatic heterocycles. The van der Waals surface area contributed by atoms with Crippen molar-refractivity contribution in [1.29, 1.82) is 0 Å². The summed E-state index contributed by atoms with van der Waals surface area (Å²) in [5, 5.41) is 9.11. The molecule has 3 heteroatoms. The summed E-state index contributed by atoms with van der Waals surface area (Å²) in [7, 11) is 0. The molecular weight excluding hydrogens is 266 g/mol. The minimum Gasteiger partial charge on any atom is -0.396 e. The lowest BCUT2D eigenvalue weighted by Gasteiger charge is -2.37. The molecule has 0 aliphatic heterocycles. The molecule has 20 heavy (non-hydrogen) atoms. The van der Waals surface area contributed by atoms with Gasteiger partial charge >= 0.3 is 0 Å². The van der Waals surface area contributed by atoms with E-state index in [0.29, 0.717) is 0 Å². The first kappa shape index (κ1) is 15.9. The maximum Gasteiger partial charge on any atom is 0.0443 e. The quantitative estimate of drug-likeness (QED) is 0.752. The van der Waals surface area contributed by atoms with Gasteiger partial charge in [0.05, 0.1) is 0 Å². The minimum absolute atomic E-state index is 0.169. The fourth-order valence-electron chi connectivity index (χ4n) is 3.13. The van der Waals surface area contributed by atoms with E-state index in [4.69, 9.17) is 17.7 Å². The zero-order chi connectivity index (χ0) is 14.3. The van der Waals surface area contributed by atoms with Crippen LogP contribution in [0.5, 0.6) is 0 Å². The average Bonchev–Trinajstić information content (AvgIpc) is 2.46. The van der Waals surface area contributed by atoms with Crippen LogP contribution < -0.4 is 0 Å². The Morgan fingerprint density at radius 1 is 1.10 bits per heavy atom. The lowest BCUT2D eigenvalue weighted by atomic mass is 9.87. The van der Waals surface area contributed by atoms with Crippen molar-refractivity contribution in [3.63, 3.8) is 0 Å². The number of benzene rings is 1. The molecule has 0 spiro atoms. The number of hydrogen-bond acceptors (Lipinski definition) is 3. The van der Waals surface area contributed by atoms with Gasteiger partial charge < -0.3 is 5.11 Å². The molecule has 0 bridgehead atoms. The normalized spacial score (nSPS) is 18.4. The lowest BCUT2D eigenvalue weighted by molar-refractivity contribution is 0.189. The third kappa shape index (κ3) is 5.12. The standard InChI is InChI=1S/C17H27NOS/c19-13-7-12-18(14-16-8-3-1-4-9-16)15-17(20)10-5-2-6-11-17/h1,3-4,8-9,19-20H,2,5-7,10-15H2. The van der Waals surface area contributed by atoms with Gasteiger partial charge in [-0.2, -0.15) is 12.6 Å². The van der Waals surface area contributed by atoms with E-state index >= 15 is 0 Å². The number of aliphatic hydroxyl groups is 1. The van der Waals surface area contributed by atoms with E-state index < -0.39 is 0 Å². The first-order valence-corrected chi connectivity index (χ1v) is 8.26. The average molecular weight is 293 g/mol. The van der Waals surface area contributed by atoms with Gasteiger partial charge in [-0.3, -0.25) is 4.90 Å². The van der Waals surface area contributed by atoms with Crippen molar-refractivity contribution in [3.05, 3.63) is 35.9 Å². The fraction of sp³-hybridized carbons (Fsp3) is 0.647. The summed E-state index contributed by atoms with van der Waals surface area (Å²) >= 11 is 4.97. The molecule has 0 unspecified atom stereocenters. The van der Waals surface area contributed by atoms with Crippen LogP contribution in [0.25, 0.3) is 0 Å². The third-order valence-electron chi connectivity index (χ3n) is 4.18. The highest BCUT2D eigenvalue weighted by Gasteiger charge is 2.29. The minimum atomic E-state index is 0.169. The first-order valence-electron chi connectivity index (χ1n) is 7.81. The zero-order valence-electron chi connectivity index (χ0n) is 12.3. The maximum absolute atomic E-state index is 9.11. The van der Waals surface area contributed by atoms with Crippen molar-refractivity contribution in [3.8, 4) is 0 Å². The highest BCUT2D eigenvalue weighted by atomic mass is 32.1. The molecule has 2 rings (SSSR count). The van der Waals surface area contributed by atoms with Gasteiger partial charge in [0.15, 0.2) is 0 Å². The topological polar surface area (TPSA) is 23.5 Å². The van der Waals surface area contributed by atoms with Gasteiger partial charge in [-0.05, 0) is 24.8 Å². The van der Waals surface area contributed by atoms with Crippen molar-refractivity contribution in [2.75, 3.05) is 19.7 Å². The van der Waals surface area contributed by atoms with Crippen LogP contribution in [0.1, 0.15) is 44.1 Å². The largest absolute Gasteiger partial charge is 0.396 e. The van der Waals surface area contributed by atoms with Crippen molar-refractivity contribution in [1.82, 2.24) is 4.90 Å². The van der Waals surface area contributed by atoms with Crippen LogP contribution in [0.4, 0.5) is 0 Å². The SMILES string of the molecule is OCCCN(Cc1ccccc1)CC1(S)CCCCC1. The molecule has 0 amide bonds. The number of nitrogens with zero attached hydrogens (tertiary/aromatic N) is 1. The van der Waals surface area contributed by atoms with Gasteiger partial charge in [0, 0.05) is 31.0 Å². The van der Waals surface area contributed by atoms with E-state index in [1.807, 2.05) is 0 Å². The molecule has 1 aliphatic carbocycles. The monoisotopic (exact) mass is 293 g/mol. The van der Waals surface area contributed by atoms with E-state index in [1.54, 1.807) is 0 Å². The Bertz CT molecular complexity index is 376. The van der Waals surface area contributed by atoms with E-state index in [2.05, 4.69) is 35.2 Å². The Labute approximate surface area is 128 Å². The number of aliphatic hydroxyl groups excluding tert-OH is 1. The molecule has 1 aromatic carbocycles. The Hall–Kier alpha value is -0.510. The Balaban J connectivity index is 1.95. The summed E-state index contributed by atoms with van der Waals surface area (Å²) in [6, 6.07) is 10.6. The molecule has 0 radical (unpaired) electrons. The number of hydrogen-bond donors (Lipinski definition) is 2. The summed E-state index contributed by atoms with van der Waals surface area (Å²) in [5.74, 6) is 0. The van der Waals surface area contributed by atoms with Crippen LogP contribution >= 0.6 is 12.6 Å². The Morgan fingerprint density at radius 3 is 2.45 bits per heavy atom. The second-order valence-corrected chi connectivity index (χ2v) is 7.01. The molecule has 0 saturated heterocycles. The molecule has 0 heterocycles. The molecule has 112 valence electrons. The molecule has 1 saturated carbocycles. The van der Waals surface area contributed by atoms with Crippen molar-refractivity contribution in [2.24, 2.45) is 0 Å². The summed E-state index contributed by atoms with van der Waals surface area (Å²) in [5.41, 5.74) is 1.35. The van der Waals surface area contributed by atoms with E-state index in [1.165, 1.54) is 37.7 Å². The predicted molar refractivity (Wildman–Crippen MR) is 88.2 cm³/mol. The van der Waals surface area contributed by atoms with Crippen LogP contribution in [0.2, 0.25) is 0 Å². The Kier molecular flexibility index (Phi) is 6.40. The van der Waals surface area contributed by atoms with Gasteiger partial charge in [0.1, 0.15) is 0 Å². The molecule has 2 nitrogen and oxygen atoms in total. The summed E-state index contributed by atoms with van der Waals surface area (Å²) in [4.78, 5) is 2.46. The summed E-state index contributed by atoms with van der Waals surface area (Å²) in [6.07, 6.45) is 7.26. The van der Waals surface area contributed by atoms with E-state index in [0.717, 1.165) is 26.1 Å². The second-order valence-electron chi connectivity index (χ2n) is 6.06. The van der Waals surface area contributed by atoms with Crippen LogP contribution in [0.3, 0.4) is 0 Å². The summed E-state index contributed by atoms with van der Waals surface area (Å²) in [6.45, 7) is 3.22. The van der Waals surface area contributed by atoms with Gasteiger partial charge in [0.25, 0.3) is 0 Å².